The van der Waals surface area contributed by atoms with Crippen LogP contribution in [0.4, 0.5) is 0 Å². The Balaban J connectivity index is 0.000000411. The minimum atomic E-state index is -1.82. The number of rotatable bonds is 4. The van der Waals surface area contributed by atoms with Gasteiger partial charge in [0.05, 0.1) is 6.04 Å². The van der Waals surface area contributed by atoms with Crippen molar-refractivity contribution in [2.45, 2.75) is 26.5 Å². The fourth-order valence-electron chi connectivity index (χ4n) is 0.698. The molecule has 1 heterocycles. The van der Waals surface area contributed by atoms with Gasteiger partial charge < -0.3 is 25.1 Å². The number of nitrogens with zero attached hydrogens (tertiary/aromatic N) is 2. The molecule has 0 radical (unpaired) electrons. The molecule has 1 atom stereocenters. The lowest BCUT2D eigenvalue weighted by Crippen LogP contribution is -2.09. The number of hydrogen-bond donors (Lipinski definition) is 3. The minimum absolute atomic E-state index is 0.215. The lowest BCUT2D eigenvalue weighted by Gasteiger charge is -1.95. The third-order valence-corrected chi connectivity index (χ3v) is 1.48. The van der Waals surface area contributed by atoms with E-state index in [1.165, 1.54) is 0 Å². The molecule has 1 aromatic rings. The number of hydrogen-bond acceptors (Lipinski definition) is 7. The maximum absolute atomic E-state index is 9.10. The van der Waals surface area contributed by atoms with Crippen LogP contribution in [-0.2, 0) is 20.9 Å². The number of carboxylic acids is 2. The number of aromatic nitrogens is 2. The number of nitrogens with two attached hydrogens (primary N) is 1. The van der Waals surface area contributed by atoms with Crippen molar-refractivity contribution in [3.63, 3.8) is 0 Å². The maximum atomic E-state index is 9.10. The lowest BCUT2D eigenvalue weighted by molar-refractivity contribution is -0.159. The van der Waals surface area contributed by atoms with Crippen LogP contribution in [0.2, 0.25) is 0 Å². The third-order valence-electron chi connectivity index (χ3n) is 1.48. The van der Waals surface area contributed by atoms with Crippen LogP contribution in [0.25, 0.3) is 0 Å². The molecule has 0 spiro atoms. The molecule has 4 N–H and O–H groups in total. The maximum Gasteiger partial charge on any atom is 0.414 e. The van der Waals surface area contributed by atoms with Gasteiger partial charge in [0.1, 0.15) is 6.61 Å². The van der Waals surface area contributed by atoms with Crippen LogP contribution in [0.15, 0.2) is 4.42 Å². The summed E-state index contributed by atoms with van der Waals surface area (Å²) in [4.78, 5) is 18.2. The van der Waals surface area contributed by atoms with E-state index >= 15 is 0 Å². The second kappa shape index (κ2) is 8.14. The van der Waals surface area contributed by atoms with Crippen LogP contribution in [-0.4, -0.2) is 39.0 Å². The first-order valence-electron chi connectivity index (χ1n) is 5.00. The molecule has 1 aromatic heterocycles. The molecule has 18 heavy (non-hydrogen) atoms. The summed E-state index contributed by atoms with van der Waals surface area (Å²) in [5, 5.41) is 22.3. The summed E-state index contributed by atoms with van der Waals surface area (Å²) in [5.41, 5.74) is 5.52. The van der Waals surface area contributed by atoms with Gasteiger partial charge >= 0.3 is 11.9 Å². The van der Waals surface area contributed by atoms with Gasteiger partial charge in [0.2, 0.25) is 11.8 Å². The molecule has 102 valence electrons. The van der Waals surface area contributed by atoms with E-state index in [-0.39, 0.29) is 6.04 Å². The zero-order valence-electron chi connectivity index (χ0n) is 9.99. The van der Waals surface area contributed by atoms with Crippen LogP contribution in [0.1, 0.15) is 31.7 Å². The van der Waals surface area contributed by atoms with Gasteiger partial charge in [-0.25, -0.2) is 9.59 Å². The van der Waals surface area contributed by atoms with E-state index in [0.29, 0.717) is 25.0 Å². The summed E-state index contributed by atoms with van der Waals surface area (Å²) in [5.74, 6) is -2.72. The topological polar surface area (TPSA) is 149 Å². The second-order valence-electron chi connectivity index (χ2n) is 3.07. The van der Waals surface area contributed by atoms with Gasteiger partial charge in [-0.3, -0.25) is 0 Å². The Kier molecular flexibility index (Phi) is 7.24. The molecule has 0 bridgehead atoms. The van der Waals surface area contributed by atoms with Crippen LogP contribution in [0.5, 0.6) is 0 Å². The van der Waals surface area contributed by atoms with E-state index in [9.17, 15) is 0 Å². The first kappa shape index (κ1) is 16.0. The summed E-state index contributed by atoms with van der Waals surface area (Å²) in [6.07, 6.45) is 0. The van der Waals surface area contributed by atoms with Gasteiger partial charge in [-0.05, 0) is 13.8 Å². The normalized spacial score (nSPS) is 11.3. The molecule has 0 aliphatic rings. The van der Waals surface area contributed by atoms with Crippen molar-refractivity contribution in [3.05, 3.63) is 11.8 Å². The number of ether oxygens (including phenoxy) is 1. The van der Waals surface area contributed by atoms with Gasteiger partial charge in [0, 0.05) is 6.61 Å². The SMILES string of the molecule is CCOCc1nnc(C(C)N)o1.O=C(O)C(=O)O. The molecule has 1 rings (SSSR count). The first-order valence-corrected chi connectivity index (χ1v) is 5.00. The Morgan fingerprint density at radius 2 is 1.94 bits per heavy atom. The molecule has 1 unspecified atom stereocenters. The van der Waals surface area contributed by atoms with E-state index in [1.54, 1.807) is 6.92 Å². The van der Waals surface area contributed by atoms with Crippen molar-refractivity contribution in [2.24, 2.45) is 5.73 Å². The molecule has 0 saturated heterocycles. The highest BCUT2D eigenvalue weighted by Crippen LogP contribution is 2.07. The van der Waals surface area contributed by atoms with E-state index in [2.05, 4.69) is 10.2 Å². The average Bonchev–Trinajstić information content (AvgIpc) is 2.75. The monoisotopic (exact) mass is 261 g/mol. The van der Waals surface area contributed by atoms with Gasteiger partial charge in [-0.2, -0.15) is 0 Å². The first-order chi connectivity index (χ1) is 8.38. The molecule has 0 aromatic carbocycles. The smallest absolute Gasteiger partial charge is 0.414 e. The summed E-state index contributed by atoms with van der Waals surface area (Å²) in [6.45, 7) is 4.69. The lowest BCUT2D eigenvalue weighted by atomic mass is 10.4. The molecule has 0 aliphatic heterocycles. The fourth-order valence-corrected chi connectivity index (χ4v) is 0.698. The van der Waals surface area contributed by atoms with Crippen molar-refractivity contribution >= 4 is 11.9 Å². The quantitative estimate of drug-likeness (QED) is 0.625. The van der Waals surface area contributed by atoms with Crippen molar-refractivity contribution < 1.29 is 29.0 Å². The highest BCUT2D eigenvalue weighted by atomic mass is 16.5. The Morgan fingerprint density at radius 1 is 1.39 bits per heavy atom. The van der Waals surface area contributed by atoms with Gasteiger partial charge in [0.25, 0.3) is 0 Å². The number of carboxylic acid groups (broad SMARTS) is 2. The van der Waals surface area contributed by atoms with Crippen molar-refractivity contribution in [1.82, 2.24) is 10.2 Å². The van der Waals surface area contributed by atoms with E-state index < -0.39 is 11.9 Å². The zero-order valence-corrected chi connectivity index (χ0v) is 9.99. The predicted molar refractivity (Wildman–Crippen MR) is 57.5 cm³/mol. The summed E-state index contributed by atoms with van der Waals surface area (Å²) < 4.78 is 10.3. The molecule has 9 heteroatoms. The van der Waals surface area contributed by atoms with Gasteiger partial charge in [0.15, 0.2) is 0 Å². The van der Waals surface area contributed by atoms with Crippen LogP contribution >= 0.6 is 0 Å². The third kappa shape index (κ3) is 6.55. The summed E-state index contributed by atoms with van der Waals surface area (Å²) in [6, 6.07) is -0.215. The number of aliphatic carboxylic acids is 2. The van der Waals surface area contributed by atoms with Gasteiger partial charge in [-0.15, -0.1) is 10.2 Å². The van der Waals surface area contributed by atoms with Gasteiger partial charge in [-0.1, -0.05) is 0 Å². The largest absolute Gasteiger partial charge is 0.473 e. The Labute approximate surface area is 103 Å². The average molecular weight is 261 g/mol. The molecule has 9 nitrogen and oxygen atoms in total. The van der Waals surface area contributed by atoms with E-state index in [1.807, 2.05) is 6.92 Å². The molecule has 0 amide bonds. The van der Waals surface area contributed by atoms with Crippen molar-refractivity contribution in [3.8, 4) is 0 Å². The highest BCUT2D eigenvalue weighted by Gasteiger charge is 2.08. The summed E-state index contributed by atoms with van der Waals surface area (Å²) >= 11 is 0. The number of carbonyl (C=O) groups is 2. The zero-order chi connectivity index (χ0) is 14.1. The predicted octanol–water partition coefficient (Wildman–Crippen LogP) is -0.219. The Hall–Kier alpha value is -2.00. The summed E-state index contributed by atoms with van der Waals surface area (Å²) in [7, 11) is 0. The van der Waals surface area contributed by atoms with Crippen LogP contribution in [0, 0.1) is 0 Å². The molecule has 0 fully saturated rings. The van der Waals surface area contributed by atoms with Crippen molar-refractivity contribution in [1.29, 1.82) is 0 Å². The fraction of sp³-hybridized carbons (Fsp3) is 0.556. The molecular formula is C9H15N3O6. The Bertz CT molecular complexity index is 377. The molecule has 0 saturated carbocycles. The van der Waals surface area contributed by atoms with Crippen molar-refractivity contribution in [2.75, 3.05) is 6.61 Å². The van der Waals surface area contributed by atoms with E-state index in [4.69, 9.17) is 34.7 Å². The highest BCUT2D eigenvalue weighted by molar-refractivity contribution is 6.27. The minimum Gasteiger partial charge on any atom is -0.473 e. The van der Waals surface area contributed by atoms with Crippen LogP contribution < -0.4 is 5.73 Å². The Morgan fingerprint density at radius 3 is 2.28 bits per heavy atom. The molecule has 0 aliphatic carbocycles. The van der Waals surface area contributed by atoms with E-state index in [0.717, 1.165) is 0 Å². The standard InChI is InChI=1S/C7H13N3O2.C2H2O4/c1-3-11-4-6-9-10-7(12-6)5(2)8;3-1(4)2(5)6/h5H,3-4,8H2,1-2H3;(H,3,4)(H,5,6). The van der Waals surface area contributed by atoms with Crippen LogP contribution in [0.3, 0.4) is 0 Å². The second-order valence-corrected chi connectivity index (χ2v) is 3.07. The molecular weight excluding hydrogens is 246 g/mol.